The predicted octanol–water partition coefficient (Wildman–Crippen LogP) is 2.39. The molecule has 0 aliphatic heterocycles. The van der Waals surface area contributed by atoms with Crippen molar-refractivity contribution >= 4 is 28.8 Å². The zero-order chi connectivity index (χ0) is 14.8. The van der Waals surface area contributed by atoms with Crippen molar-refractivity contribution in [3.05, 3.63) is 42.0 Å². The number of hydrogen-bond acceptors (Lipinski definition) is 5. The Morgan fingerprint density at radius 3 is 3.00 bits per heavy atom. The number of benzene rings is 1. The molecule has 0 radical (unpaired) electrons. The van der Waals surface area contributed by atoms with E-state index in [1.807, 2.05) is 0 Å². The minimum atomic E-state index is -0.959. The van der Waals surface area contributed by atoms with Gasteiger partial charge in [-0.1, -0.05) is 23.0 Å². The number of aliphatic carboxylic acids is 1. The number of hydrogen-bond donors (Lipinski definition) is 1. The van der Waals surface area contributed by atoms with E-state index in [1.165, 1.54) is 12.3 Å². The minimum absolute atomic E-state index is 0.151. The molecule has 8 heteroatoms. The minimum Gasteiger partial charge on any atom is -0.481 e. The van der Waals surface area contributed by atoms with Gasteiger partial charge >= 0.3 is 5.97 Å². The third-order valence-electron chi connectivity index (χ3n) is 2.82. The largest absolute Gasteiger partial charge is 0.481 e. The molecule has 0 aliphatic carbocycles. The van der Waals surface area contributed by atoms with Crippen LogP contribution < -0.4 is 0 Å². The first-order chi connectivity index (χ1) is 10.1. The number of imidazole rings is 1. The van der Waals surface area contributed by atoms with Crippen LogP contribution in [-0.2, 0) is 11.3 Å². The number of aromatic nitrogens is 3. The quantitative estimate of drug-likeness (QED) is 0.729. The molecule has 0 aliphatic rings. The van der Waals surface area contributed by atoms with Crippen molar-refractivity contribution in [1.29, 1.82) is 0 Å². The molecule has 108 valence electrons. The molecule has 2 aromatic heterocycles. The standard InChI is InChI=1S/C13H10FN3O3S/c14-9-2-1-3-10-12(9)16-13(21-7-11(18)19)17(10)6-8-4-5-15-20-8/h1-5H,6-7H2,(H,18,19). The van der Waals surface area contributed by atoms with Crippen LogP contribution in [0.1, 0.15) is 5.76 Å². The number of carbonyl (C=O) groups is 1. The topological polar surface area (TPSA) is 81.1 Å². The van der Waals surface area contributed by atoms with E-state index in [0.29, 0.717) is 23.0 Å². The van der Waals surface area contributed by atoms with Crippen LogP contribution >= 0.6 is 11.8 Å². The summed E-state index contributed by atoms with van der Waals surface area (Å²) in [6, 6.07) is 6.32. The zero-order valence-corrected chi connectivity index (χ0v) is 11.5. The molecular formula is C13H10FN3O3S. The lowest BCUT2D eigenvalue weighted by Gasteiger charge is -2.05. The molecule has 0 saturated heterocycles. The highest BCUT2D eigenvalue weighted by Crippen LogP contribution is 2.26. The van der Waals surface area contributed by atoms with Gasteiger partial charge in [0, 0.05) is 6.07 Å². The van der Waals surface area contributed by atoms with Crippen LogP contribution in [0.5, 0.6) is 0 Å². The van der Waals surface area contributed by atoms with Crippen molar-refractivity contribution < 1.29 is 18.8 Å². The van der Waals surface area contributed by atoms with E-state index in [0.717, 1.165) is 11.8 Å². The Labute approximate surface area is 122 Å². The second-order valence-electron chi connectivity index (χ2n) is 4.25. The molecule has 6 nitrogen and oxygen atoms in total. The Bertz CT molecular complexity index is 785. The summed E-state index contributed by atoms with van der Waals surface area (Å²) in [7, 11) is 0. The summed E-state index contributed by atoms with van der Waals surface area (Å²) in [4.78, 5) is 14.9. The summed E-state index contributed by atoms with van der Waals surface area (Å²) < 4.78 is 20.6. The van der Waals surface area contributed by atoms with E-state index in [9.17, 15) is 9.18 Å². The van der Waals surface area contributed by atoms with E-state index in [1.54, 1.807) is 22.8 Å². The average Bonchev–Trinajstić information content (AvgIpc) is 3.07. The van der Waals surface area contributed by atoms with Gasteiger partial charge in [0.2, 0.25) is 0 Å². The van der Waals surface area contributed by atoms with E-state index >= 15 is 0 Å². The normalized spacial score (nSPS) is 11.1. The molecule has 1 aromatic carbocycles. The van der Waals surface area contributed by atoms with Crippen molar-refractivity contribution in [3.63, 3.8) is 0 Å². The van der Waals surface area contributed by atoms with Crippen molar-refractivity contribution in [2.24, 2.45) is 0 Å². The second kappa shape index (κ2) is 5.57. The first-order valence-corrected chi connectivity index (χ1v) is 7.02. The number of fused-ring (bicyclic) bond motifs is 1. The SMILES string of the molecule is O=C(O)CSc1nc2c(F)cccc2n1Cc1ccno1. The number of halogens is 1. The summed E-state index contributed by atoms with van der Waals surface area (Å²) in [6.45, 7) is 0.307. The summed E-state index contributed by atoms with van der Waals surface area (Å²) >= 11 is 1.04. The molecule has 0 spiro atoms. The fourth-order valence-corrected chi connectivity index (χ4v) is 2.69. The van der Waals surface area contributed by atoms with E-state index < -0.39 is 11.8 Å². The molecule has 2 heterocycles. The maximum Gasteiger partial charge on any atom is 0.313 e. The summed E-state index contributed by atoms with van der Waals surface area (Å²) in [6.07, 6.45) is 1.51. The molecule has 0 unspecified atom stereocenters. The Morgan fingerprint density at radius 2 is 2.29 bits per heavy atom. The van der Waals surface area contributed by atoms with E-state index in [2.05, 4.69) is 10.1 Å². The highest BCUT2D eigenvalue weighted by Gasteiger charge is 2.16. The third kappa shape index (κ3) is 2.75. The molecule has 0 atom stereocenters. The number of carboxylic acids is 1. The van der Waals surface area contributed by atoms with Gasteiger partial charge in [-0.3, -0.25) is 4.79 Å². The van der Waals surface area contributed by atoms with Gasteiger partial charge in [-0.2, -0.15) is 0 Å². The van der Waals surface area contributed by atoms with Gasteiger partial charge < -0.3 is 14.2 Å². The monoisotopic (exact) mass is 307 g/mol. The zero-order valence-electron chi connectivity index (χ0n) is 10.7. The molecule has 0 saturated carbocycles. The fourth-order valence-electron chi connectivity index (χ4n) is 1.96. The maximum atomic E-state index is 13.8. The van der Waals surface area contributed by atoms with Gasteiger partial charge in [0.25, 0.3) is 0 Å². The van der Waals surface area contributed by atoms with Crippen molar-refractivity contribution in [2.45, 2.75) is 11.7 Å². The van der Waals surface area contributed by atoms with Gasteiger partial charge in [0.1, 0.15) is 5.52 Å². The Morgan fingerprint density at radius 1 is 1.43 bits per heavy atom. The predicted molar refractivity (Wildman–Crippen MR) is 73.7 cm³/mol. The number of rotatable bonds is 5. The average molecular weight is 307 g/mol. The van der Waals surface area contributed by atoms with Crippen molar-refractivity contribution in [2.75, 3.05) is 5.75 Å². The molecular weight excluding hydrogens is 297 g/mol. The molecule has 0 bridgehead atoms. The fraction of sp³-hybridized carbons (Fsp3) is 0.154. The van der Waals surface area contributed by atoms with Crippen LogP contribution in [0.15, 0.2) is 40.1 Å². The maximum absolute atomic E-state index is 13.8. The van der Waals surface area contributed by atoms with Gasteiger partial charge in [-0.25, -0.2) is 9.37 Å². The van der Waals surface area contributed by atoms with Gasteiger partial charge in [-0.05, 0) is 12.1 Å². The summed E-state index contributed by atoms with van der Waals surface area (Å²) in [5.41, 5.74) is 0.796. The second-order valence-corrected chi connectivity index (χ2v) is 5.19. The van der Waals surface area contributed by atoms with Crippen LogP contribution in [0.3, 0.4) is 0 Å². The molecule has 1 N–H and O–H groups in total. The summed E-state index contributed by atoms with van der Waals surface area (Å²) in [5.74, 6) is -0.975. The lowest BCUT2D eigenvalue weighted by molar-refractivity contribution is -0.133. The van der Waals surface area contributed by atoms with Crippen LogP contribution in [0.4, 0.5) is 4.39 Å². The van der Waals surface area contributed by atoms with Gasteiger partial charge in [0.15, 0.2) is 16.7 Å². The number of nitrogens with zero attached hydrogens (tertiary/aromatic N) is 3. The Kier molecular flexibility index (Phi) is 3.61. The molecule has 3 rings (SSSR count). The van der Waals surface area contributed by atoms with Crippen LogP contribution in [0.2, 0.25) is 0 Å². The van der Waals surface area contributed by atoms with E-state index in [-0.39, 0.29) is 11.3 Å². The molecule has 0 amide bonds. The molecule has 0 fully saturated rings. The molecule has 3 aromatic rings. The number of carboxylic acid groups (broad SMARTS) is 1. The van der Waals surface area contributed by atoms with E-state index in [4.69, 9.17) is 9.63 Å². The number of thioether (sulfide) groups is 1. The van der Waals surface area contributed by atoms with Crippen molar-refractivity contribution in [3.8, 4) is 0 Å². The Hall–Kier alpha value is -2.35. The first kappa shape index (κ1) is 13.6. The lowest BCUT2D eigenvalue weighted by atomic mass is 10.3. The third-order valence-corrected chi connectivity index (χ3v) is 3.79. The Balaban J connectivity index is 2.06. The summed E-state index contributed by atoms with van der Waals surface area (Å²) in [5, 5.41) is 12.8. The lowest BCUT2D eigenvalue weighted by Crippen LogP contribution is -2.04. The van der Waals surface area contributed by atoms with Crippen LogP contribution in [-0.4, -0.2) is 31.5 Å². The number of para-hydroxylation sites is 1. The van der Waals surface area contributed by atoms with Crippen LogP contribution in [0.25, 0.3) is 11.0 Å². The highest BCUT2D eigenvalue weighted by molar-refractivity contribution is 7.99. The highest BCUT2D eigenvalue weighted by atomic mass is 32.2. The first-order valence-electron chi connectivity index (χ1n) is 6.04. The van der Waals surface area contributed by atoms with Gasteiger partial charge in [0.05, 0.1) is 24.0 Å². The van der Waals surface area contributed by atoms with Gasteiger partial charge in [-0.15, -0.1) is 0 Å². The van der Waals surface area contributed by atoms with Crippen molar-refractivity contribution in [1.82, 2.24) is 14.7 Å². The van der Waals surface area contributed by atoms with Crippen LogP contribution in [0, 0.1) is 5.82 Å². The smallest absolute Gasteiger partial charge is 0.313 e. The molecule has 21 heavy (non-hydrogen) atoms.